The Kier molecular flexibility index (Phi) is 4.98. The van der Waals surface area contributed by atoms with Gasteiger partial charge in [-0.25, -0.2) is 0 Å². The number of morpholine rings is 1. The summed E-state index contributed by atoms with van der Waals surface area (Å²) in [5.74, 6) is -0.468. The van der Waals surface area contributed by atoms with Crippen molar-refractivity contribution in [2.75, 3.05) is 36.5 Å². The fraction of sp³-hybridized carbons (Fsp3) is 0.409. The Morgan fingerprint density at radius 1 is 1.25 bits per heavy atom. The molecule has 2 aliphatic heterocycles. The number of fused-ring (bicyclic) bond motifs is 1. The summed E-state index contributed by atoms with van der Waals surface area (Å²) in [5, 5.41) is 4.11. The molecule has 1 unspecified atom stereocenters. The molecule has 5 nitrogen and oxygen atoms in total. The van der Waals surface area contributed by atoms with Crippen LogP contribution in [0.4, 0.5) is 11.4 Å². The second-order valence-corrected chi connectivity index (χ2v) is 8.66. The minimum Gasteiger partial charge on any atom is -0.378 e. The van der Waals surface area contributed by atoms with E-state index in [1.54, 1.807) is 6.07 Å². The van der Waals surface area contributed by atoms with E-state index in [-0.39, 0.29) is 11.5 Å². The normalized spacial score (nSPS) is 21.0. The molecule has 2 aromatic carbocycles. The van der Waals surface area contributed by atoms with Gasteiger partial charge in [-0.15, -0.1) is 0 Å². The Labute approximate surface area is 170 Å². The molecule has 3 N–H and O–H groups in total. The average molecular weight is 400 g/mol. The van der Waals surface area contributed by atoms with Gasteiger partial charge in [-0.05, 0) is 47.2 Å². The first-order valence-electron chi connectivity index (χ1n) is 9.68. The van der Waals surface area contributed by atoms with Crippen molar-refractivity contribution in [2.24, 2.45) is 5.73 Å². The summed E-state index contributed by atoms with van der Waals surface area (Å²) in [7, 11) is 0. The molecular weight excluding hydrogens is 374 g/mol. The van der Waals surface area contributed by atoms with E-state index in [1.807, 2.05) is 6.07 Å². The first-order valence-corrected chi connectivity index (χ1v) is 10.1. The molecule has 28 heavy (non-hydrogen) atoms. The molecular formula is C22H26ClN3O2. The van der Waals surface area contributed by atoms with E-state index in [0.717, 1.165) is 44.0 Å². The van der Waals surface area contributed by atoms with Crippen molar-refractivity contribution in [1.82, 2.24) is 0 Å². The number of nitrogens with one attached hydrogen (secondary N) is 1. The number of ether oxygens (including phenoxy) is 1. The number of hydrogen-bond acceptors (Lipinski definition) is 4. The fourth-order valence-electron chi connectivity index (χ4n) is 4.30. The molecule has 0 aliphatic carbocycles. The van der Waals surface area contributed by atoms with Crippen LogP contribution in [0.2, 0.25) is 5.02 Å². The molecule has 1 fully saturated rings. The van der Waals surface area contributed by atoms with Crippen LogP contribution in [-0.4, -0.2) is 32.2 Å². The van der Waals surface area contributed by atoms with Gasteiger partial charge in [0.1, 0.15) is 0 Å². The number of primary amides is 1. The third-order valence-electron chi connectivity index (χ3n) is 5.78. The van der Waals surface area contributed by atoms with Crippen LogP contribution in [0.25, 0.3) is 0 Å². The number of nitrogens with zero attached hydrogens (tertiary/aromatic N) is 1. The summed E-state index contributed by atoms with van der Waals surface area (Å²) < 4.78 is 5.47. The van der Waals surface area contributed by atoms with Gasteiger partial charge in [0, 0.05) is 23.8 Å². The van der Waals surface area contributed by atoms with Gasteiger partial charge in [-0.1, -0.05) is 37.6 Å². The Bertz CT molecular complexity index is 907. The minimum atomic E-state index is -0.468. The number of carbonyl (C=O) groups is 1. The number of halogens is 1. The predicted octanol–water partition coefficient (Wildman–Crippen LogP) is 4.11. The molecule has 4 rings (SSSR count). The van der Waals surface area contributed by atoms with Crippen LogP contribution >= 0.6 is 11.6 Å². The van der Waals surface area contributed by atoms with Gasteiger partial charge in [0.25, 0.3) is 5.91 Å². The summed E-state index contributed by atoms with van der Waals surface area (Å²) in [4.78, 5) is 14.4. The van der Waals surface area contributed by atoms with Crippen LogP contribution in [0.15, 0.2) is 36.4 Å². The van der Waals surface area contributed by atoms with Gasteiger partial charge in [0.15, 0.2) is 0 Å². The highest BCUT2D eigenvalue weighted by Crippen LogP contribution is 2.46. The molecule has 0 aromatic heterocycles. The molecule has 2 aromatic rings. The number of rotatable bonds is 3. The Hall–Kier alpha value is -2.24. The zero-order chi connectivity index (χ0) is 19.9. The predicted molar refractivity (Wildman–Crippen MR) is 113 cm³/mol. The molecule has 0 spiro atoms. The summed E-state index contributed by atoms with van der Waals surface area (Å²) >= 11 is 6.26. The number of nitrogens with two attached hydrogens (primary N) is 1. The van der Waals surface area contributed by atoms with E-state index >= 15 is 0 Å². The van der Waals surface area contributed by atoms with Gasteiger partial charge < -0.3 is 20.7 Å². The maximum atomic E-state index is 12.0. The maximum absolute atomic E-state index is 12.0. The standard InChI is InChI=1S/C22H26ClN3O2/c1-22(2)13-19(25-20-17(21(24)27)11-15(23)12-18(20)22)14-4-3-5-16(10-14)26-6-8-28-9-7-26/h3-5,10-12,19,25H,6-9,13H2,1-2H3,(H2,24,27). The lowest BCUT2D eigenvalue weighted by Crippen LogP contribution is -2.36. The van der Waals surface area contributed by atoms with Crippen molar-refractivity contribution in [2.45, 2.75) is 31.7 Å². The lowest BCUT2D eigenvalue weighted by Gasteiger charge is -2.40. The Morgan fingerprint density at radius 3 is 2.71 bits per heavy atom. The molecule has 1 saturated heterocycles. The lowest BCUT2D eigenvalue weighted by atomic mass is 9.73. The van der Waals surface area contributed by atoms with Crippen LogP contribution < -0.4 is 16.0 Å². The van der Waals surface area contributed by atoms with Crippen LogP contribution in [0.3, 0.4) is 0 Å². The second-order valence-electron chi connectivity index (χ2n) is 8.22. The monoisotopic (exact) mass is 399 g/mol. The summed E-state index contributed by atoms with van der Waals surface area (Å²) in [6.45, 7) is 7.70. The maximum Gasteiger partial charge on any atom is 0.250 e. The number of hydrogen-bond donors (Lipinski definition) is 2. The van der Waals surface area contributed by atoms with Crippen LogP contribution in [0, 0.1) is 0 Å². The third kappa shape index (κ3) is 3.56. The van der Waals surface area contributed by atoms with Gasteiger partial charge >= 0.3 is 0 Å². The largest absolute Gasteiger partial charge is 0.378 e. The number of carbonyl (C=O) groups excluding carboxylic acids is 1. The summed E-state index contributed by atoms with van der Waals surface area (Å²) in [5.41, 5.74) is 10.2. The zero-order valence-electron chi connectivity index (χ0n) is 16.3. The molecule has 6 heteroatoms. The first-order chi connectivity index (χ1) is 13.3. The molecule has 0 radical (unpaired) electrons. The molecule has 0 bridgehead atoms. The van der Waals surface area contributed by atoms with E-state index in [1.165, 1.54) is 11.3 Å². The Balaban J connectivity index is 1.71. The number of amides is 1. The van der Waals surface area contributed by atoms with Gasteiger partial charge in [0.05, 0.1) is 30.5 Å². The molecule has 1 amide bonds. The minimum absolute atomic E-state index is 0.0859. The second kappa shape index (κ2) is 7.30. The molecule has 1 atom stereocenters. The van der Waals surface area contributed by atoms with E-state index < -0.39 is 5.91 Å². The van der Waals surface area contributed by atoms with Crippen molar-refractivity contribution in [3.63, 3.8) is 0 Å². The quantitative estimate of drug-likeness (QED) is 0.815. The van der Waals surface area contributed by atoms with Crippen molar-refractivity contribution in [1.29, 1.82) is 0 Å². The van der Waals surface area contributed by atoms with Crippen molar-refractivity contribution < 1.29 is 9.53 Å². The van der Waals surface area contributed by atoms with Crippen molar-refractivity contribution in [3.8, 4) is 0 Å². The van der Waals surface area contributed by atoms with Crippen LogP contribution in [-0.2, 0) is 10.2 Å². The number of anilines is 2. The van der Waals surface area contributed by atoms with E-state index in [0.29, 0.717) is 10.6 Å². The molecule has 0 saturated carbocycles. The van der Waals surface area contributed by atoms with Gasteiger partial charge in [-0.2, -0.15) is 0 Å². The van der Waals surface area contributed by atoms with Gasteiger partial charge in [0.2, 0.25) is 0 Å². The van der Waals surface area contributed by atoms with E-state index in [9.17, 15) is 4.79 Å². The highest BCUT2D eigenvalue weighted by molar-refractivity contribution is 6.31. The topological polar surface area (TPSA) is 67.6 Å². The number of benzene rings is 2. The smallest absolute Gasteiger partial charge is 0.250 e. The van der Waals surface area contributed by atoms with Crippen LogP contribution in [0.5, 0.6) is 0 Å². The lowest BCUT2D eigenvalue weighted by molar-refractivity contribution is 0.100. The summed E-state index contributed by atoms with van der Waals surface area (Å²) in [6.07, 6.45) is 0.894. The van der Waals surface area contributed by atoms with Crippen molar-refractivity contribution >= 4 is 28.9 Å². The average Bonchev–Trinajstić information content (AvgIpc) is 2.68. The molecule has 148 valence electrons. The first kappa shape index (κ1) is 19.1. The van der Waals surface area contributed by atoms with E-state index in [2.05, 4.69) is 48.3 Å². The highest BCUT2D eigenvalue weighted by Gasteiger charge is 2.36. The SMILES string of the molecule is CC1(C)CC(c2cccc(N3CCOCC3)c2)Nc2c(C(N)=O)cc(Cl)cc21. The summed E-state index contributed by atoms with van der Waals surface area (Å²) in [6, 6.07) is 12.3. The van der Waals surface area contributed by atoms with E-state index in [4.69, 9.17) is 22.1 Å². The third-order valence-corrected chi connectivity index (χ3v) is 6.00. The zero-order valence-corrected chi connectivity index (χ0v) is 17.1. The highest BCUT2D eigenvalue weighted by atomic mass is 35.5. The Morgan fingerprint density at radius 2 is 2.00 bits per heavy atom. The van der Waals surface area contributed by atoms with Gasteiger partial charge in [-0.3, -0.25) is 4.79 Å². The molecule has 2 heterocycles. The van der Waals surface area contributed by atoms with Crippen molar-refractivity contribution in [3.05, 3.63) is 58.1 Å². The molecule has 2 aliphatic rings. The fourth-order valence-corrected chi connectivity index (χ4v) is 4.52. The van der Waals surface area contributed by atoms with Crippen LogP contribution in [0.1, 0.15) is 47.8 Å².